The van der Waals surface area contributed by atoms with E-state index < -0.39 is 27.5 Å². The predicted molar refractivity (Wildman–Crippen MR) is 193 cm³/mol. The Morgan fingerprint density at radius 2 is 1.72 bits per heavy atom. The van der Waals surface area contributed by atoms with Crippen LogP contribution in [0.2, 0.25) is 0 Å². The topological polar surface area (TPSA) is 164 Å². The molecule has 1 atom stereocenters. The summed E-state index contributed by atoms with van der Waals surface area (Å²) in [7, 11) is -1.94. The molecule has 0 aliphatic carbocycles. The number of carbonyl (C=O) groups is 2. The van der Waals surface area contributed by atoms with Crippen molar-refractivity contribution in [2.75, 3.05) is 64.5 Å². The molecule has 7 rings (SSSR count). The van der Waals surface area contributed by atoms with Gasteiger partial charge in [-0.3, -0.25) is 9.69 Å². The first-order valence-electron chi connectivity index (χ1n) is 18.0. The molecule has 5 heterocycles. The average Bonchev–Trinajstić information content (AvgIpc) is 3.41. The van der Waals surface area contributed by atoms with Crippen molar-refractivity contribution in [3.8, 4) is 23.4 Å². The monoisotopic (exact) mass is 744 g/mol. The molecule has 14 nitrogen and oxygen atoms in total. The van der Waals surface area contributed by atoms with Crippen molar-refractivity contribution >= 4 is 27.6 Å². The minimum absolute atomic E-state index is 0.0306. The molecule has 53 heavy (non-hydrogen) atoms. The summed E-state index contributed by atoms with van der Waals surface area (Å²) in [5.74, 6) is 0.412. The lowest BCUT2D eigenvalue weighted by Crippen LogP contribution is -2.58. The third-order valence-electron chi connectivity index (χ3n) is 11.1. The molecule has 0 bridgehead atoms. The van der Waals surface area contributed by atoms with Crippen LogP contribution in [0.25, 0.3) is 0 Å². The molecule has 4 aliphatic heterocycles. The van der Waals surface area contributed by atoms with Crippen molar-refractivity contribution in [1.82, 2.24) is 20.1 Å². The molecule has 2 aromatic carbocycles. The van der Waals surface area contributed by atoms with Gasteiger partial charge in [0, 0.05) is 30.9 Å². The van der Waals surface area contributed by atoms with Crippen LogP contribution in [-0.2, 0) is 25.1 Å². The second-order valence-electron chi connectivity index (χ2n) is 13.8. The van der Waals surface area contributed by atoms with Gasteiger partial charge in [-0.15, -0.1) is 0 Å². The number of hydrogen-bond acceptors (Lipinski definition) is 11. The number of methoxy groups -OCH3 is 2. The summed E-state index contributed by atoms with van der Waals surface area (Å²) in [4.78, 5) is 38.0. The minimum Gasteiger partial charge on any atom is -0.497 e. The number of nitrogens with zero attached hydrogens (tertiary/aromatic N) is 5. The second-order valence-corrected chi connectivity index (χ2v) is 15.5. The molecule has 0 spiro atoms. The van der Waals surface area contributed by atoms with Gasteiger partial charge in [-0.1, -0.05) is 0 Å². The van der Waals surface area contributed by atoms with Crippen molar-refractivity contribution in [2.24, 2.45) is 11.8 Å². The van der Waals surface area contributed by atoms with Crippen molar-refractivity contribution in [2.45, 2.75) is 49.1 Å². The highest BCUT2D eigenvalue weighted by Crippen LogP contribution is 2.50. The normalized spacial score (nSPS) is 21.4. The molecule has 15 heteroatoms. The highest BCUT2D eigenvalue weighted by atomic mass is 32.2. The van der Waals surface area contributed by atoms with Crippen molar-refractivity contribution in [3.05, 3.63) is 71.4 Å². The van der Waals surface area contributed by atoms with Crippen molar-refractivity contribution < 1.29 is 37.0 Å². The van der Waals surface area contributed by atoms with E-state index in [1.165, 1.54) is 56.8 Å². The number of carbonyl (C=O) groups excluding carboxylic acids is 2. The molecule has 0 radical (unpaired) electrons. The molecule has 1 N–H and O–H groups in total. The Bertz CT molecular complexity index is 2020. The van der Waals surface area contributed by atoms with Crippen LogP contribution in [0.4, 0.5) is 10.5 Å². The van der Waals surface area contributed by atoms with Gasteiger partial charge in [-0.2, -0.15) is 9.57 Å². The largest absolute Gasteiger partial charge is 0.497 e. The lowest BCUT2D eigenvalue weighted by Gasteiger charge is -2.44. The average molecular weight is 745 g/mol. The zero-order valence-corrected chi connectivity index (χ0v) is 30.9. The molecular weight excluding hydrogens is 701 g/mol. The summed E-state index contributed by atoms with van der Waals surface area (Å²) in [6.07, 6.45) is 5.36. The van der Waals surface area contributed by atoms with Gasteiger partial charge in [-0.25, -0.2) is 18.2 Å². The number of amides is 3. The summed E-state index contributed by atoms with van der Waals surface area (Å²) in [6, 6.07) is 13.7. The van der Waals surface area contributed by atoms with Gasteiger partial charge < -0.3 is 29.2 Å². The van der Waals surface area contributed by atoms with Gasteiger partial charge in [0.15, 0.2) is 5.54 Å². The molecule has 3 fully saturated rings. The zero-order chi connectivity index (χ0) is 37.3. The maximum absolute atomic E-state index is 15.2. The standard InChI is InChI=1S/C38H44N6O8S/c1-4-52-35-30(6-5-15-40-35)38(41-37(46)43-18-13-27(14-19-43)26-11-16-42(17-12-26)28-23-51-24-28)31-20-25(22-39)7-9-32(31)44(36(38)45)53(47,48)34-10-8-29(49-2)21-33(34)50-3/h5-10,15,20-21,26-28H,4,11-14,16-19,23-24H2,1-3H3,(H,41,46)/t38-/m1/s1. The molecule has 1 aromatic heterocycles. The fourth-order valence-electron chi connectivity index (χ4n) is 8.16. The van der Waals surface area contributed by atoms with Crippen molar-refractivity contribution in [3.63, 3.8) is 0 Å². The van der Waals surface area contributed by atoms with Crippen LogP contribution in [0.3, 0.4) is 0 Å². The van der Waals surface area contributed by atoms with Crippen molar-refractivity contribution in [1.29, 1.82) is 5.26 Å². The van der Waals surface area contributed by atoms with Crippen LogP contribution in [0.5, 0.6) is 17.4 Å². The fraction of sp³-hybridized carbons (Fsp3) is 0.474. The quantitative estimate of drug-likeness (QED) is 0.321. The van der Waals surface area contributed by atoms with E-state index in [9.17, 15) is 18.5 Å². The number of nitrogens with one attached hydrogen (secondary N) is 1. The van der Waals surface area contributed by atoms with Gasteiger partial charge in [0.2, 0.25) is 5.88 Å². The number of anilines is 1. The third-order valence-corrected chi connectivity index (χ3v) is 12.8. The molecule has 4 aliphatic rings. The summed E-state index contributed by atoms with van der Waals surface area (Å²) in [6.45, 7) is 6.62. The Hall–Kier alpha value is -4.91. The first-order chi connectivity index (χ1) is 25.7. The number of ether oxygens (including phenoxy) is 4. The van der Waals surface area contributed by atoms with E-state index in [1.807, 2.05) is 0 Å². The van der Waals surface area contributed by atoms with Gasteiger partial charge in [0.1, 0.15) is 16.4 Å². The Labute approximate surface area is 309 Å². The van der Waals surface area contributed by atoms with Crippen LogP contribution < -0.4 is 23.8 Å². The number of piperidine rings is 2. The first-order valence-corrected chi connectivity index (χ1v) is 19.4. The summed E-state index contributed by atoms with van der Waals surface area (Å²) < 4.78 is 52.0. The Kier molecular flexibility index (Phi) is 10.2. The van der Waals surface area contributed by atoms with Crippen LogP contribution in [0, 0.1) is 23.2 Å². The van der Waals surface area contributed by atoms with Crippen LogP contribution in [-0.4, -0.2) is 101 Å². The number of rotatable bonds is 10. The molecule has 3 aromatic rings. The molecule has 3 amide bonds. The number of hydrogen-bond donors (Lipinski definition) is 1. The number of likely N-dealkylation sites (tertiary alicyclic amines) is 2. The maximum Gasteiger partial charge on any atom is 0.318 e. The highest BCUT2D eigenvalue weighted by molar-refractivity contribution is 7.93. The van der Waals surface area contributed by atoms with Gasteiger partial charge in [0.25, 0.3) is 15.9 Å². The van der Waals surface area contributed by atoms with E-state index in [0.29, 0.717) is 41.0 Å². The molecule has 3 saturated heterocycles. The third kappa shape index (κ3) is 6.42. The van der Waals surface area contributed by atoms with E-state index in [1.54, 1.807) is 24.0 Å². The lowest BCUT2D eigenvalue weighted by atomic mass is 9.78. The number of aromatic nitrogens is 1. The van der Waals surface area contributed by atoms with Gasteiger partial charge in [-0.05, 0) is 100.0 Å². The lowest BCUT2D eigenvalue weighted by molar-refractivity contribution is -0.121. The maximum atomic E-state index is 15.2. The van der Waals surface area contributed by atoms with Gasteiger partial charge in [0.05, 0.1) is 63.0 Å². The highest BCUT2D eigenvalue weighted by Gasteiger charge is 2.59. The van der Waals surface area contributed by atoms with Gasteiger partial charge >= 0.3 is 6.03 Å². The van der Waals surface area contributed by atoms with E-state index in [0.717, 1.165) is 52.0 Å². The number of pyridine rings is 1. The zero-order valence-electron chi connectivity index (χ0n) is 30.1. The molecule has 0 saturated carbocycles. The minimum atomic E-state index is -4.70. The Morgan fingerprint density at radius 3 is 2.34 bits per heavy atom. The number of sulfonamides is 1. The number of urea groups is 1. The van der Waals surface area contributed by atoms with Crippen LogP contribution in [0.15, 0.2) is 59.6 Å². The molecule has 280 valence electrons. The van der Waals surface area contributed by atoms with E-state index in [2.05, 4.69) is 21.3 Å². The first kappa shape index (κ1) is 36.4. The Balaban J connectivity index is 1.25. The smallest absolute Gasteiger partial charge is 0.318 e. The summed E-state index contributed by atoms with van der Waals surface area (Å²) in [5.41, 5.74) is -1.78. The van der Waals surface area contributed by atoms with E-state index in [4.69, 9.17) is 18.9 Å². The number of fused-ring (bicyclic) bond motifs is 1. The molecular formula is C38H44N6O8S. The second kappa shape index (κ2) is 14.8. The number of benzene rings is 2. The Morgan fingerprint density at radius 1 is 1.00 bits per heavy atom. The SMILES string of the molecule is CCOc1ncccc1[C@]1(NC(=O)N2CCC(C3CCN(C4COC4)CC3)CC2)C(=O)N(S(=O)(=O)c2ccc(OC)cc2OC)c2ccc(C#N)cc21. The summed E-state index contributed by atoms with van der Waals surface area (Å²) >= 11 is 0. The fourth-order valence-corrected chi connectivity index (χ4v) is 9.77. The molecule has 0 unspecified atom stereocenters. The van der Waals surface area contributed by atoms with E-state index >= 15 is 4.79 Å². The van der Waals surface area contributed by atoms with Crippen LogP contribution >= 0.6 is 0 Å². The van der Waals surface area contributed by atoms with Crippen LogP contribution in [0.1, 0.15) is 49.3 Å². The van der Waals surface area contributed by atoms with E-state index in [-0.39, 0.29) is 45.5 Å². The number of nitriles is 1. The summed E-state index contributed by atoms with van der Waals surface area (Å²) in [5, 5.41) is 13.0. The predicted octanol–water partition coefficient (Wildman–Crippen LogP) is 3.88.